The molecule has 2 aromatic rings. The van der Waals surface area contributed by atoms with Gasteiger partial charge in [-0.3, -0.25) is 0 Å². The summed E-state index contributed by atoms with van der Waals surface area (Å²) >= 11 is 9.25. The van der Waals surface area contributed by atoms with Gasteiger partial charge in [0.05, 0.1) is 5.02 Å². The summed E-state index contributed by atoms with van der Waals surface area (Å²) < 4.78 is 6.11. The minimum atomic E-state index is -1.12. The third-order valence-electron chi connectivity index (χ3n) is 2.70. The molecule has 0 bridgehead atoms. The number of hydrogen-bond acceptors (Lipinski definition) is 3. The SMILES string of the molecule is CC(C)(C)c1nc(-c2ccc(Cl)c(Br)c2)oc1C(=O)O. The molecule has 0 aliphatic heterocycles. The van der Waals surface area contributed by atoms with Crippen LogP contribution in [-0.4, -0.2) is 16.1 Å². The maximum Gasteiger partial charge on any atom is 0.373 e. The summed E-state index contributed by atoms with van der Waals surface area (Å²) in [5.74, 6) is -0.982. The fourth-order valence-corrected chi connectivity index (χ4v) is 2.22. The predicted octanol–water partition coefficient (Wildman–Crippen LogP) is 4.75. The molecular formula is C14H13BrClNO3. The van der Waals surface area contributed by atoms with Crippen LogP contribution in [0, 0.1) is 0 Å². The first-order valence-electron chi connectivity index (χ1n) is 5.90. The van der Waals surface area contributed by atoms with Crippen molar-refractivity contribution in [2.75, 3.05) is 0 Å². The van der Waals surface area contributed by atoms with Gasteiger partial charge in [0.2, 0.25) is 11.7 Å². The quantitative estimate of drug-likeness (QED) is 0.841. The third-order valence-corrected chi connectivity index (χ3v) is 3.91. The highest BCUT2D eigenvalue weighted by atomic mass is 79.9. The van der Waals surface area contributed by atoms with Gasteiger partial charge in [-0.2, -0.15) is 0 Å². The molecule has 0 fully saturated rings. The van der Waals surface area contributed by atoms with Gasteiger partial charge in [-0.15, -0.1) is 0 Å². The Labute approximate surface area is 129 Å². The third kappa shape index (κ3) is 2.88. The Balaban J connectivity index is 2.58. The highest BCUT2D eigenvalue weighted by Crippen LogP contribution is 2.32. The van der Waals surface area contributed by atoms with Gasteiger partial charge in [-0.05, 0) is 34.1 Å². The predicted molar refractivity (Wildman–Crippen MR) is 80.3 cm³/mol. The van der Waals surface area contributed by atoms with Crippen molar-refractivity contribution in [2.24, 2.45) is 0 Å². The molecule has 6 heteroatoms. The molecular weight excluding hydrogens is 346 g/mol. The van der Waals surface area contributed by atoms with Gasteiger partial charge in [-0.25, -0.2) is 9.78 Å². The van der Waals surface area contributed by atoms with Crippen LogP contribution in [0.5, 0.6) is 0 Å². The summed E-state index contributed by atoms with van der Waals surface area (Å²) in [6, 6.07) is 5.17. The summed E-state index contributed by atoms with van der Waals surface area (Å²) in [6.45, 7) is 5.66. The Morgan fingerprint density at radius 3 is 2.50 bits per heavy atom. The van der Waals surface area contributed by atoms with Crippen LogP contribution in [0.4, 0.5) is 0 Å². The zero-order valence-electron chi connectivity index (χ0n) is 11.2. The number of oxazole rings is 1. The molecule has 4 nitrogen and oxygen atoms in total. The number of carbonyl (C=O) groups is 1. The molecule has 0 aliphatic carbocycles. The van der Waals surface area contributed by atoms with Crippen molar-refractivity contribution in [1.29, 1.82) is 0 Å². The van der Waals surface area contributed by atoms with Gasteiger partial charge in [0.1, 0.15) is 5.69 Å². The zero-order chi connectivity index (χ0) is 15.1. The second-order valence-electron chi connectivity index (χ2n) is 5.38. The summed E-state index contributed by atoms with van der Waals surface area (Å²) in [7, 11) is 0. The van der Waals surface area contributed by atoms with Gasteiger partial charge in [0.25, 0.3) is 0 Å². The monoisotopic (exact) mass is 357 g/mol. The number of carboxylic acids is 1. The lowest BCUT2D eigenvalue weighted by Crippen LogP contribution is -2.16. The molecule has 1 N–H and O–H groups in total. The summed E-state index contributed by atoms with van der Waals surface area (Å²) in [5.41, 5.74) is 0.671. The van der Waals surface area contributed by atoms with Crippen LogP contribution in [0.25, 0.3) is 11.5 Å². The van der Waals surface area contributed by atoms with E-state index in [0.717, 1.165) is 0 Å². The normalized spacial score (nSPS) is 11.7. The molecule has 0 amide bonds. The zero-order valence-corrected chi connectivity index (χ0v) is 13.5. The molecule has 0 unspecified atom stereocenters. The Hall–Kier alpha value is -1.33. The molecule has 106 valence electrons. The Morgan fingerprint density at radius 2 is 2.05 bits per heavy atom. The van der Waals surface area contributed by atoms with Crippen LogP contribution in [-0.2, 0) is 5.41 Å². The highest BCUT2D eigenvalue weighted by molar-refractivity contribution is 9.10. The molecule has 1 aromatic carbocycles. The first-order chi connectivity index (χ1) is 9.20. The smallest absolute Gasteiger partial charge is 0.373 e. The first kappa shape index (κ1) is 15.1. The second kappa shape index (κ2) is 5.22. The molecule has 0 radical (unpaired) electrons. The van der Waals surface area contributed by atoms with Gasteiger partial charge in [0.15, 0.2) is 0 Å². The van der Waals surface area contributed by atoms with Gasteiger partial charge >= 0.3 is 5.97 Å². The lowest BCUT2D eigenvalue weighted by atomic mass is 9.91. The summed E-state index contributed by atoms with van der Waals surface area (Å²) in [4.78, 5) is 15.6. The highest BCUT2D eigenvalue weighted by Gasteiger charge is 2.29. The van der Waals surface area contributed by atoms with Crippen LogP contribution >= 0.6 is 27.5 Å². The minimum Gasteiger partial charge on any atom is -0.475 e. The molecule has 0 saturated heterocycles. The molecule has 0 saturated carbocycles. The van der Waals surface area contributed by atoms with E-state index in [1.54, 1.807) is 18.2 Å². The van der Waals surface area contributed by atoms with E-state index in [4.69, 9.17) is 16.0 Å². The number of carboxylic acid groups (broad SMARTS) is 1. The Kier molecular flexibility index (Phi) is 3.93. The fraction of sp³-hybridized carbons (Fsp3) is 0.286. The largest absolute Gasteiger partial charge is 0.475 e. The molecule has 1 aromatic heterocycles. The van der Waals surface area contributed by atoms with E-state index in [-0.39, 0.29) is 11.7 Å². The average Bonchev–Trinajstić information content (AvgIpc) is 2.77. The van der Waals surface area contributed by atoms with E-state index in [9.17, 15) is 9.90 Å². The van der Waals surface area contributed by atoms with E-state index in [1.165, 1.54) is 0 Å². The first-order valence-corrected chi connectivity index (χ1v) is 7.07. The molecule has 20 heavy (non-hydrogen) atoms. The van der Waals surface area contributed by atoms with Crippen LogP contribution in [0.1, 0.15) is 37.0 Å². The van der Waals surface area contributed by atoms with E-state index >= 15 is 0 Å². The molecule has 0 atom stereocenters. The van der Waals surface area contributed by atoms with Crippen molar-refractivity contribution in [2.45, 2.75) is 26.2 Å². The Morgan fingerprint density at radius 1 is 1.40 bits per heavy atom. The summed E-state index contributed by atoms with van der Waals surface area (Å²) in [5, 5.41) is 9.79. The molecule has 2 rings (SSSR count). The van der Waals surface area contributed by atoms with E-state index in [1.807, 2.05) is 20.8 Å². The van der Waals surface area contributed by atoms with Crippen LogP contribution in [0.15, 0.2) is 27.1 Å². The van der Waals surface area contributed by atoms with Crippen LogP contribution < -0.4 is 0 Å². The van der Waals surface area contributed by atoms with Crippen molar-refractivity contribution < 1.29 is 14.3 Å². The van der Waals surface area contributed by atoms with Gasteiger partial charge in [0, 0.05) is 15.5 Å². The topological polar surface area (TPSA) is 63.3 Å². The average molecular weight is 359 g/mol. The van der Waals surface area contributed by atoms with Crippen molar-refractivity contribution in [3.05, 3.63) is 39.1 Å². The van der Waals surface area contributed by atoms with Crippen molar-refractivity contribution >= 4 is 33.5 Å². The lowest BCUT2D eigenvalue weighted by Gasteiger charge is -2.14. The second-order valence-corrected chi connectivity index (χ2v) is 6.64. The van der Waals surface area contributed by atoms with Gasteiger partial charge in [-0.1, -0.05) is 32.4 Å². The summed E-state index contributed by atoms with van der Waals surface area (Å²) in [6.07, 6.45) is 0. The van der Waals surface area contributed by atoms with Crippen molar-refractivity contribution in [3.63, 3.8) is 0 Å². The number of halogens is 2. The van der Waals surface area contributed by atoms with E-state index in [0.29, 0.717) is 20.8 Å². The number of rotatable bonds is 2. The van der Waals surface area contributed by atoms with Crippen molar-refractivity contribution in [3.8, 4) is 11.5 Å². The van der Waals surface area contributed by atoms with E-state index < -0.39 is 11.4 Å². The van der Waals surface area contributed by atoms with Crippen molar-refractivity contribution in [1.82, 2.24) is 4.98 Å². The minimum absolute atomic E-state index is 0.126. The number of benzene rings is 1. The van der Waals surface area contributed by atoms with Gasteiger partial charge < -0.3 is 9.52 Å². The Bertz CT molecular complexity index is 674. The number of nitrogens with zero attached hydrogens (tertiary/aromatic N) is 1. The maximum absolute atomic E-state index is 11.3. The maximum atomic E-state index is 11.3. The lowest BCUT2D eigenvalue weighted by molar-refractivity contribution is 0.0659. The number of hydrogen-bond donors (Lipinski definition) is 1. The van der Waals surface area contributed by atoms with E-state index in [2.05, 4.69) is 20.9 Å². The van der Waals surface area contributed by atoms with Crippen LogP contribution in [0.2, 0.25) is 5.02 Å². The molecule has 0 spiro atoms. The molecule has 0 aliphatic rings. The van der Waals surface area contributed by atoms with Crippen LogP contribution in [0.3, 0.4) is 0 Å². The number of aromatic nitrogens is 1. The molecule has 1 heterocycles. The standard InChI is InChI=1S/C14H13BrClNO3/c1-14(2,3)11-10(13(18)19)20-12(17-11)7-4-5-9(16)8(15)6-7/h4-6H,1-3H3,(H,18,19). The number of aromatic carboxylic acids is 1. The fourth-order valence-electron chi connectivity index (χ4n) is 1.73.